The fraction of sp³-hybridized carbons (Fsp3) is 0.320. The zero-order valence-corrected chi connectivity index (χ0v) is 20.6. The summed E-state index contributed by atoms with van der Waals surface area (Å²) in [4.78, 5) is 26.6. The highest BCUT2D eigenvalue weighted by molar-refractivity contribution is 8.14. The average molecular weight is 493 g/mol. The number of anilines is 1. The fourth-order valence-corrected chi connectivity index (χ4v) is 5.46. The van der Waals surface area contributed by atoms with Crippen LogP contribution in [0, 0.1) is 13.8 Å². The lowest BCUT2D eigenvalue weighted by Gasteiger charge is -2.36. The number of esters is 1. The quantitative estimate of drug-likeness (QED) is 0.548. The van der Waals surface area contributed by atoms with Crippen LogP contribution in [-0.4, -0.2) is 52.0 Å². The van der Waals surface area contributed by atoms with E-state index in [4.69, 9.17) is 4.74 Å². The topological polar surface area (TPSA) is 98.3 Å². The summed E-state index contributed by atoms with van der Waals surface area (Å²) in [5, 5.41) is 10.2. The third kappa shape index (κ3) is 4.59. The molecule has 2 aromatic carbocycles. The van der Waals surface area contributed by atoms with Crippen molar-refractivity contribution in [3.05, 3.63) is 77.1 Å². The first-order valence-corrected chi connectivity index (χ1v) is 12.4. The van der Waals surface area contributed by atoms with Gasteiger partial charge in [-0.05, 0) is 43.5 Å². The van der Waals surface area contributed by atoms with Crippen LogP contribution in [0.25, 0.3) is 0 Å². The number of hydrazine groups is 1. The van der Waals surface area contributed by atoms with Crippen LogP contribution in [0.15, 0.2) is 60.0 Å². The number of hydrazone groups is 1. The maximum Gasteiger partial charge on any atom is 0.339 e. The Bertz CT molecular complexity index is 1220. The SMILES string of the molecule is COC(=O)c1ccccc1NC(=O)CSC1=NNC2C3CC(c4cc(C)ccc4C)NN3C=CN12. The van der Waals surface area contributed by atoms with Crippen LogP contribution >= 0.6 is 11.8 Å². The molecule has 3 N–H and O–H groups in total. The molecule has 1 amide bonds. The number of aryl methyl sites for hydroxylation is 2. The van der Waals surface area contributed by atoms with Gasteiger partial charge in [0.15, 0.2) is 5.17 Å². The van der Waals surface area contributed by atoms with Gasteiger partial charge < -0.3 is 20.0 Å². The molecule has 0 radical (unpaired) electrons. The van der Waals surface area contributed by atoms with Gasteiger partial charge in [0.25, 0.3) is 0 Å². The lowest BCUT2D eigenvalue weighted by Crippen LogP contribution is -2.54. The van der Waals surface area contributed by atoms with Gasteiger partial charge in [-0.25, -0.2) is 10.2 Å². The molecule has 5 rings (SSSR count). The maximum absolute atomic E-state index is 12.6. The molecule has 3 heterocycles. The Kier molecular flexibility index (Phi) is 6.40. The largest absolute Gasteiger partial charge is 0.465 e. The van der Waals surface area contributed by atoms with Gasteiger partial charge in [-0.1, -0.05) is 47.7 Å². The highest BCUT2D eigenvalue weighted by Gasteiger charge is 2.44. The van der Waals surface area contributed by atoms with E-state index >= 15 is 0 Å². The molecule has 0 saturated carbocycles. The second-order valence-electron chi connectivity index (χ2n) is 8.80. The van der Waals surface area contributed by atoms with E-state index in [-0.39, 0.29) is 29.9 Å². The van der Waals surface area contributed by atoms with Crippen LogP contribution in [0.3, 0.4) is 0 Å². The number of amidine groups is 1. The lowest BCUT2D eigenvalue weighted by molar-refractivity contribution is -0.113. The predicted molar refractivity (Wildman–Crippen MR) is 136 cm³/mol. The van der Waals surface area contributed by atoms with Gasteiger partial charge in [-0.15, -0.1) is 0 Å². The van der Waals surface area contributed by atoms with Crippen molar-refractivity contribution < 1.29 is 14.3 Å². The number of nitrogens with zero attached hydrogens (tertiary/aromatic N) is 3. The minimum Gasteiger partial charge on any atom is -0.465 e. The van der Waals surface area contributed by atoms with Crippen molar-refractivity contribution in [2.24, 2.45) is 5.10 Å². The number of ether oxygens (including phenoxy) is 1. The summed E-state index contributed by atoms with van der Waals surface area (Å²) in [7, 11) is 1.32. The van der Waals surface area contributed by atoms with Crippen LogP contribution in [0.5, 0.6) is 0 Å². The normalized spacial score (nSPS) is 22.3. The molecule has 3 atom stereocenters. The summed E-state index contributed by atoms with van der Waals surface area (Å²) in [5.41, 5.74) is 11.5. The zero-order valence-electron chi connectivity index (χ0n) is 19.8. The summed E-state index contributed by atoms with van der Waals surface area (Å²) in [6.07, 6.45) is 4.92. The van der Waals surface area contributed by atoms with Crippen molar-refractivity contribution in [2.75, 3.05) is 18.2 Å². The number of methoxy groups -OCH3 is 1. The Morgan fingerprint density at radius 3 is 2.86 bits per heavy atom. The maximum atomic E-state index is 12.6. The van der Waals surface area contributed by atoms with Crippen molar-refractivity contribution in [2.45, 2.75) is 38.5 Å². The third-order valence-electron chi connectivity index (χ3n) is 6.45. The van der Waals surface area contributed by atoms with Gasteiger partial charge in [0.1, 0.15) is 6.17 Å². The first kappa shape index (κ1) is 23.3. The molecule has 35 heavy (non-hydrogen) atoms. The Morgan fingerprint density at radius 2 is 2.03 bits per heavy atom. The zero-order chi connectivity index (χ0) is 24.5. The van der Waals surface area contributed by atoms with E-state index in [1.807, 2.05) is 12.4 Å². The number of benzene rings is 2. The van der Waals surface area contributed by atoms with Crippen molar-refractivity contribution >= 4 is 34.5 Å². The number of hydrogen-bond acceptors (Lipinski definition) is 9. The van der Waals surface area contributed by atoms with Crippen LogP contribution in [0.4, 0.5) is 5.69 Å². The van der Waals surface area contributed by atoms with Gasteiger partial charge in [-0.3, -0.25) is 10.2 Å². The van der Waals surface area contributed by atoms with Crippen LogP contribution in [-0.2, 0) is 9.53 Å². The van der Waals surface area contributed by atoms with E-state index in [0.29, 0.717) is 11.3 Å². The minimum atomic E-state index is -0.492. The number of amides is 1. The van der Waals surface area contributed by atoms with Crippen molar-refractivity contribution in [3.63, 3.8) is 0 Å². The van der Waals surface area contributed by atoms with Crippen LogP contribution in [0.1, 0.15) is 39.5 Å². The molecule has 1 saturated heterocycles. The highest BCUT2D eigenvalue weighted by atomic mass is 32.2. The van der Waals surface area contributed by atoms with E-state index < -0.39 is 5.97 Å². The molecule has 3 aliphatic heterocycles. The summed E-state index contributed by atoms with van der Waals surface area (Å²) < 4.78 is 4.80. The number of thioether (sulfide) groups is 1. The molecule has 10 heteroatoms. The molecule has 1 fully saturated rings. The van der Waals surface area contributed by atoms with E-state index in [1.54, 1.807) is 24.3 Å². The molecule has 3 aliphatic rings. The second-order valence-corrected chi connectivity index (χ2v) is 9.74. The molecule has 0 spiro atoms. The third-order valence-corrected chi connectivity index (χ3v) is 7.42. The Morgan fingerprint density at radius 1 is 1.20 bits per heavy atom. The van der Waals surface area contributed by atoms with Gasteiger partial charge in [0.05, 0.1) is 36.2 Å². The Labute approximate surface area is 208 Å². The number of fused-ring (bicyclic) bond motifs is 3. The molecule has 3 unspecified atom stereocenters. The van der Waals surface area contributed by atoms with Gasteiger partial charge in [-0.2, -0.15) is 5.10 Å². The second kappa shape index (κ2) is 9.63. The Hall–Kier alpha value is -3.50. The number of carbonyl (C=O) groups excluding carboxylic acids is 2. The van der Waals surface area contributed by atoms with E-state index in [1.165, 1.54) is 35.6 Å². The number of nitrogens with one attached hydrogen (secondary N) is 3. The minimum absolute atomic E-state index is 0.0202. The summed E-state index contributed by atoms with van der Waals surface area (Å²) in [6.45, 7) is 4.27. The molecule has 2 aromatic rings. The predicted octanol–water partition coefficient (Wildman–Crippen LogP) is 3.07. The fourth-order valence-electron chi connectivity index (χ4n) is 4.68. The van der Waals surface area contributed by atoms with E-state index in [0.717, 1.165) is 11.6 Å². The monoisotopic (exact) mass is 492 g/mol. The first-order valence-electron chi connectivity index (χ1n) is 11.5. The van der Waals surface area contributed by atoms with Gasteiger partial charge >= 0.3 is 5.97 Å². The number of para-hydroxylation sites is 1. The van der Waals surface area contributed by atoms with E-state index in [9.17, 15) is 9.59 Å². The number of rotatable bonds is 5. The highest BCUT2D eigenvalue weighted by Crippen LogP contribution is 2.36. The Balaban J connectivity index is 1.20. The molecule has 0 bridgehead atoms. The molecule has 0 aromatic heterocycles. The molecular formula is C25H28N6O3S. The molecule has 9 nitrogen and oxygen atoms in total. The standard InChI is InChI=1S/C25H28N6O3S/c1-15-8-9-16(2)18(12-15)20-13-21-23-27-28-25(30(23)10-11-31(21)29-20)35-14-22(32)26-19-7-5-4-6-17(19)24(33)34-3/h4-12,20-21,23,27,29H,13-14H2,1-3H3,(H,26,32). The van der Waals surface area contributed by atoms with Gasteiger partial charge in [0.2, 0.25) is 5.91 Å². The summed E-state index contributed by atoms with van der Waals surface area (Å²) in [5.74, 6) is -0.559. The summed E-state index contributed by atoms with van der Waals surface area (Å²) >= 11 is 1.35. The number of carbonyl (C=O) groups is 2. The molecule has 182 valence electrons. The first-order chi connectivity index (χ1) is 16.9. The van der Waals surface area contributed by atoms with Gasteiger partial charge in [0, 0.05) is 12.4 Å². The van der Waals surface area contributed by atoms with Crippen molar-refractivity contribution in [1.82, 2.24) is 20.8 Å². The summed E-state index contributed by atoms with van der Waals surface area (Å²) in [6, 6.07) is 13.8. The van der Waals surface area contributed by atoms with Crippen LogP contribution in [0.2, 0.25) is 0 Å². The molecule has 0 aliphatic carbocycles. The van der Waals surface area contributed by atoms with Crippen molar-refractivity contribution in [1.29, 1.82) is 0 Å². The number of hydrogen-bond donors (Lipinski definition) is 3. The van der Waals surface area contributed by atoms with E-state index in [2.05, 4.69) is 63.2 Å². The van der Waals surface area contributed by atoms with Crippen molar-refractivity contribution in [3.8, 4) is 0 Å². The van der Waals surface area contributed by atoms with Crippen LogP contribution < -0.4 is 16.2 Å². The smallest absolute Gasteiger partial charge is 0.339 e. The molecular weight excluding hydrogens is 464 g/mol. The average Bonchev–Trinajstić information content (AvgIpc) is 3.48. The lowest BCUT2D eigenvalue weighted by atomic mass is 9.95.